The molecule has 0 radical (unpaired) electrons. The molecule has 2 atom stereocenters. The third-order valence-electron chi connectivity index (χ3n) is 5.02. The molecule has 1 aliphatic heterocycles. The molecule has 2 aromatic rings. The summed E-state index contributed by atoms with van der Waals surface area (Å²) in [7, 11) is 0. The van der Waals surface area contributed by atoms with E-state index in [9.17, 15) is 22.8 Å². The number of halogens is 6. The summed E-state index contributed by atoms with van der Waals surface area (Å²) in [5.41, 5.74) is 0.877. The van der Waals surface area contributed by atoms with Crippen molar-refractivity contribution in [1.29, 1.82) is 0 Å². The average Bonchev–Trinajstić information content (AvgIpc) is 2.79. The Morgan fingerprint density at radius 3 is 2.53 bits per heavy atom. The molecule has 12 heteroatoms. The van der Waals surface area contributed by atoms with Gasteiger partial charge in [-0.15, -0.1) is 0 Å². The topological polar surface area (TPSA) is 67.9 Å². The molecule has 2 aromatic carbocycles. The van der Waals surface area contributed by atoms with Gasteiger partial charge in [-0.05, 0) is 23.8 Å². The fraction of sp³-hybridized carbons (Fsp3) is 0.364. The highest BCUT2D eigenvalue weighted by Crippen LogP contribution is 2.27. The monoisotopic (exact) mass is 538 g/mol. The van der Waals surface area contributed by atoms with Gasteiger partial charge in [-0.3, -0.25) is 9.69 Å². The highest BCUT2D eigenvalue weighted by Gasteiger charge is 2.43. The number of alkyl halides is 3. The molecular formula is C22H20Cl3F3N2O4. The van der Waals surface area contributed by atoms with Crippen molar-refractivity contribution in [2.24, 2.45) is 0 Å². The van der Waals surface area contributed by atoms with Crippen molar-refractivity contribution in [3.8, 4) is 0 Å². The van der Waals surface area contributed by atoms with Crippen molar-refractivity contribution in [3.05, 3.63) is 68.7 Å². The van der Waals surface area contributed by atoms with Crippen LogP contribution in [0.4, 0.5) is 13.2 Å². The summed E-state index contributed by atoms with van der Waals surface area (Å²) in [4.78, 5) is 26.1. The zero-order chi connectivity index (χ0) is 24.9. The maximum atomic E-state index is 12.7. The molecular weight excluding hydrogens is 520 g/mol. The third kappa shape index (κ3) is 7.23. The van der Waals surface area contributed by atoms with Crippen LogP contribution >= 0.6 is 34.8 Å². The van der Waals surface area contributed by atoms with Crippen LogP contribution in [0.25, 0.3) is 0 Å². The van der Waals surface area contributed by atoms with Crippen molar-refractivity contribution < 1.29 is 32.2 Å². The van der Waals surface area contributed by atoms with Crippen LogP contribution in [0.2, 0.25) is 15.1 Å². The lowest BCUT2D eigenvalue weighted by Gasteiger charge is -2.33. The van der Waals surface area contributed by atoms with Crippen molar-refractivity contribution >= 4 is 46.7 Å². The quantitative estimate of drug-likeness (QED) is 0.512. The Balaban J connectivity index is 1.63. The molecule has 6 nitrogen and oxygen atoms in total. The minimum absolute atomic E-state index is 0.00767. The van der Waals surface area contributed by atoms with Crippen LogP contribution in [0.1, 0.15) is 17.2 Å². The Morgan fingerprint density at radius 1 is 1.15 bits per heavy atom. The van der Waals surface area contributed by atoms with Gasteiger partial charge in [-0.2, -0.15) is 13.2 Å². The van der Waals surface area contributed by atoms with E-state index in [1.165, 1.54) is 24.3 Å². The van der Waals surface area contributed by atoms with Gasteiger partial charge in [-0.25, -0.2) is 4.79 Å². The Bertz CT molecular complexity index is 1020. The summed E-state index contributed by atoms with van der Waals surface area (Å²) >= 11 is 18.1. The van der Waals surface area contributed by atoms with Gasteiger partial charge in [0.05, 0.1) is 22.8 Å². The van der Waals surface area contributed by atoms with Crippen LogP contribution < -0.4 is 5.32 Å². The van der Waals surface area contributed by atoms with Crippen molar-refractivity contribution in [3.63, 3.8) is 0 Å². The van der Waals surface area contributed by atoms with E-state index in [0.717, 1.165) is 5.56 Å². The number of nitrogens with zero attached hydrogens (tertiary/aromatic N) is 1. The van der Waals surface area contributed by atoms with E-state index in [4.69, 9.17) is 39.5 Å². The fourth-order valence-corrected chi connectivity index (χ4v) is 3.86. The first-order valence-corrected chi connectivity index (χ1v) is 11.3. The molecule has 34 heavy (non-hydrogen) atoms. The van der Waals surface area contributed by atoms with Crippen molar-refractivity contribution in [2.45, 2.75) is 24.9 Å². The van der Waals surface area contributed by atoms with Crippen LogP contribution in [0.5, 0.6) is 0 Å². The Morgan fingerprint density at radius 2 is 1.85 bits per heavy atom. The molecule has 184 valence electrons. The summed E-state index contributed by atoms with van der Waals surface area (Å²) < 4.78 is 48.3. The molecule has 1 fully saturated rings. The molecule has 1 aliphatic rings. The minimum Gasteiger partial charge on any atom is -0.441 e. The van der Waals surface area contributed by atoms with Crippen LogP contribution in [0, 0.1) is 0 Å². The molecule has 1 amide bonds. The number of ether oxygens (including phenoxy) is 2. The smallest absolute Gasteiger partial charge is 0.441 e. The number of carbonyl (C=O) groups excluding carboxylic acids is 2. The zero-order valence-corrected chi connectivity index (χ0v) is 19.8. The molecule has 0 aromatic heterocycles. The predicted molar refractivity (Wildman–Crippen MR) is 121 cm³/mol. The van der Waals surface area contributed by atoms with Gasteiger partial charge in [0.25, 0.3) is 5.91 Å². The van der Waals surface area contributed by atoms with Crippen LogP contribution in [0.15, 0.2) is 42.5 Å². The maximum absolute atomic E-state index is 12.7. The number of nitrogens with one attached hydrogen (secondary N) is 1. The van der Waals surface area contributed by atoms with Gasteiger partial charge in [0, 0.05) is 36.8 Å². The Kier molecular flexibility index (Phi) is 9.06. The maximum Gasteiger partial charge on any atom is 0.490 e. The third-order valence-corrected chi connectivity index (χ3v) is 6.13. The van der Waals surface area contributed by atoms with E-state index < -0.39 is 30.3 Å². The Labute approximate surface area is 208 Å². The number of esters is 1. The molecule has 3 rings (SSSR count). The second-order valence-corrected chi connectivity index (χ2v) is 8.74. The lowest BCUT2D eigenvalue weighted by atomic mass is 10.1. The second-order valence-electron chi connectivity index (χ2n) is 7.52. The summed E-state index contributed by atoms with van der Waals surface area (Å²) in [5.74, 6) is -3.39. The number of carbonyl (C=O) groups is 2. The van der Waals surface area contributed by atoms with E-state index in [-0.39, 0.29) is 12.1 Å². The largest absolute Gasteiger partial charge is 0.490 e. The van der Waals surface area contributed by atoms with Gasteiger partial charge >= 0.3 is 12.1 Å². The van der Waals surface area contributed by atoms with E-state index in [1.54, 1.807) is 12.1 Å². The van der Waals surface area contributed by atoms with E-state index in [2.05, 4.69) is 15.0 Å². The van der Waals surface area contributed by atoms with Gasteiger partial charge in [0.2, 0.25) is 6.10 Å². The van der Waals surface area contributed by atoms with Crippen LogP contribution in [0.3, 0.4) is 0 Å². The van der Waals surface area contributed by atoms with Gasteiger partial charge < -0.3 is 14.8 Å². The first-order valence-electron chi connectivity index (χ1n) is 10.1. The predicted octanol–water partition coefficient (Wildman–Crippen LogP) is 4.81. The number of hydrogen-bond donors (Lipinski definition) is 1. The van der Waals surface area contributed by atoms with Crippen molar-refractivity contribution in [1.82, 2.24) is 10.2 Å². The van der Waals surface area contributed by atoms with E-state index >= 15 is 0 Å². The number of hydrogen-bond acceptors (Lipinski definition) is 5. The molecule has 0 saturated carbocycles. The van der Waals surface area contributed by atoms with Gasteiger partial charge in [0.15, 0.2) is 0 Å². The first-order chi connectivity index (χ1) is 16.0. The minimum atomic E-state index is -5.25. The zero-order valence-electron chi connectivity index (χ0n) is 17.6. The lowest BCUT2D eigenvalue weighted by molar-refractivity contribution is -0.205. The number of benzene rings is 2. The molecule has 0 aliphatic carbocycles. The number of amides is 1. The summed E-state index contributed by atoms with van der Waals surface area (Å²) in [5, 5.41) is 3.72. The Hall–Kier alpha value is -2.04. The summed E-state index contributed by atoms with van der Waals surface area (Å²) in [6.45, 7) is 1.92. The molecule has 1 N–H and O–H groups in total. The molecule has 1 saturated heterocycles. The first kappa shape index (κ1) is 26.6. The summed E-state index contributed by atoms with van der Waals surface area (Å²) in [6, 6.07) is 10.7. The van der Waals surface area contributed by atoms with Crippen molar-refractivity contribution in [2.75, 3.05) is 26.2 Å². The lowest BCUT2D eigenvalue weighted by Crippen LogP contribution is -2.48. The fourth-order valence-electron chi connectivity index (χ4n) is 3.35. The SMILES string of the molecule is O=C(NCC1CN(Cc2cccc(Cl)c2Cl)CCO1)C(OC(=O)C(F)(F)F)c1ccc(Cl)cc1. The molecule has 0 bridgehead atoms. The summed E-state index contributed by atoms with van der Waals surface area (Å²) in [6.07, 6.45) is -7.50. The number of morpholine rings is 1. The molecule has 1 heterocycles. The highest BCUT2D eigenvalue weighted by molar-refractivity contribution is 6.42. The van der Waals surface area contributed by atoms with E-state index in [1.807, 2.05) is 6.07 Å². The van der Waals surface area contributed by atoms with Crippen LogP contribution in [-0.4, -0.2) is 55.3 Å². The standard InChI is InChI=1S/C22H20Cl3F3N2O4/c23-15-6-4-13(5-7-15)19(34-21(32)22(26,27)28)20(31)29-10-16-12-30(8-9-33-16)11-14-2-1-3-17(24)18(14)25/h1-7,16,19H,8-12H2,(H,29,31). The second kappa shape index (κ2) is 11.6. The normalized spacial score (nSPS) is 17.8. The van der Waals surface area contributed by atoms with E-state index in [0.29, 0.717) is 41.3 Å². The van der Waals surface area contributed by atoms with Gasteiger partial charge in [-0.1, -0.05) is 59.1 Å². The van der Waals surface area contributed by atoms with Gasteiger partial charge in [0.1, 0.15) is 0 Å². The number of rotatable bonds is 7. The van der Waals surface area contributed by atoms with Crippen LogP contribution in [-0.2, 0) is 25.6 Å². The average molecular weight is 540 g/mol. The molecule has 2 unspecified atom stereocenters. The highest BCUT2D eigenvalue weighted by atomic mass is 35.5. The molecule has 0 spiro atoms.